The molecule has 0 heterocycles. The van der Waals surface area contributed by atoms with Crippen LogP contribution in [-0.4, -0.2) is 23.4 Å². The lowest BCUT2D eigenvalue weighted by atomic mass is 10.2. The Balaban J connectivity index is 2.94. The third-order valence-electron chi connectivity index (χ3n) is 2.04. The number of hydrogen-bond acceptors (Lipinski definition) is 4. The molecule has 0 fully saturated rings. The molecule has 0 unspecified atom stereocenters. The number of hydrogen-bond donors (Lipinski definition) is 0. The monoisotopic (exact) mass is 283 g/mol. The van der Waals surface area contributed by atoms with Gasteiger partial charge >= 0.3 is 0 Å². The average molecular weight is 284 g/mol. The van der Waals surface area contributed by atoms with E-state index in [4.69, 9.17) is 5.26 Å². The highest BCUT2D eigenvalue weighted by Gasteiger charge is 2.15. The highest BCUT2D eigenvalue weighted by Crippen LogP contribution is 2.28. The molecule has 16 heavy (non-hydrogen) atoms. The van der Waals surface area contributed by atoms with Crippen molar-refractivity contribution >= 4 is 21.6 Å². The van der Waals surface area contributed by atoms with Crippen LogP contribution in [-0.2, 0) is 6.54 Å². The van der Waals surface area contributed by atoms with Gasteiger partial charge in [-0.3, -0.25) is 15.0 Å². The van der Waals surface area contributed by atoms with E-state index < -0.39 is 4.92 Å². The van der Waals surface area contributed by atoms with Gasteiger partial charge in [-0.25, -0.2) is 0 Å². The molecule has 0 aliphatic carbocycles. The van der Waals surface area contributed by atoms with Gasteiger partial charge in [-0.15, -0.1) is 0 Å². The summed E-state index contributed by atoms with van der Waals surface area (Å²) >= 11 is 3.21. The van der Waals surface area contributed by atoms with Crippen LogP contribution in [0.15, 0.2) is 22.7 Å². The van der Waals surface area contributed by atoms with Gasteiger partial charge in [-0.05, 0) is 28.5 Å². The Morgan fingerprint density at radius 1 is 1.62 bits per heavy atom. The molecule has 1 aromatic rings. The summed E-state index contributed by atoms with van der Waals surface area (Å²) in [5, 5.41) is 19.2. The Kier molecular flexibility index (Phi) is 4.40. The molecule has 1 rings (SSSR count). The predicted molar refractivity (Wildman–Crippen MR) is 62.7 cm³/mol. The van der Waals surface area contributed by atoms with Gasteiger partial charge in [-0.2, -0.15) is 5.26 Å². The number of nitrogens with zero attached hydrogens (tertiary/aromatic N) is 3. The molecule has 0 aromatic heterocycles. The zero-order valence-electron chi connectivity index (χ0n) is 8.68. The lowest BCUT2D eigenvalue weighted by Gasteiger charge is -2.13. The van der Waals surface area contributed by atoms with Gasteiger partial charge in [0.05, 0.1) is 22.0 Å². The van der Waals surface area contributed by atoms with Crippen LogP contribution >= 0.6 is 15.9 Å². The Morgan fingerprint density at radius 2 is 2.31 bits per heavy atom. The molecule has 0 radical (unpaired) electrons. The molecular weight excluding hydrogens is 274 g/mol. The van der Waals surface area contributed by atoms with Crippen molar-refractivity contribution in [1.82, 2.24) is 4.90 Å². The van der Waals surface area contributed by atoms with Crippen LogP contribution in [0.25, 0.3) is 0 Å². The van der Waals surface area contributed by atoms with E-state index in [9.17, 15) is 10.1 Å². The summed E-state index contributed by atoms with van der Waals surface area (Å²) in [6.07, 6.45) is 0. The smallest absolute Gasteiger partial charge is 0.283 e. The molecule has 0 saturated heterocycles. The molecule has 0 N–H and O–H groups in total. The summed E-state index contributed by atoms with van der Waals surface area (Å²) in [6.45, 7) is 0.783. The maximum absolute atomic E-state index is 10.7. The van der Waals surface area contributed by atoms with E-state index in [1.165, 1.54) is 6.07 Å². The number of halogens is 1. The first-order chi connectivity index (χ1) is 7.56. The Labute approximate surface area is 102 Å². The van der Waals surface area contributed by atoms with Crippen molar-refractivity contribution < 1.29 is 4.92 Å². The maximum atomic E-state index is 10.7. The van der Waals surface area contributed by atoms with Crippen LogP contribution in [0, 0.1) is 21.4 Å². The Morgan fingerprint density at radius 3 is 2.88 bits per heavy atom. The molecule has 0 amide bonds. The lowest BCUT2D eigenvalue weighted by Crippen LogP contribution is -2.18. The summed E-state index contributed by atoms with van der Waals surface area (Å²) in [5.74, 6) is 0. The first-order valence-electron chi connectivity index (χ1n) is 4.53. The van der Waals surface area contributed by atoms with Crippen molar-refractivity contribution in [3.63, 3.8) is 0 Å². The van der Waals surface area contributed by atoms with Gasteiger partial charge in [0, 0.05) is 12.6 Å². The minimum absolute atomic E-state index is 0.0443. The third kappa shape index (κ3) is 3.02. The van der Waals surface area contributed by atoms with Crippen LogP contribution in [0.4, 0.5) is 5.69 Å². The molecular formula is C10H10BrN3O2. The molecule has 6 heteroatoms. The molecule has 0 aliphatic rings. The van der Waals surface area contributed by atoms with Crippen molar-refractivity contribution in [1.29, 1.82) is 5.26 Å². The van der Waals surface area contributed by atoms with Gasteiger partial charge in [-0.1, -0.05) is 12.1 Å². The summed E-state index contributed by atoms with van der Waals surface area (Å²) in [7, 11) is 1.79. The highest BCUT2D eigenvalue weighted by molar-refractivity contribution is 9.10. The molecule has 0 atom stereocenters. The van der Waals surface area contributed by atoms with Crippen molar-refractivity contribution in [3.8, 4) is 6.07 Å². The average Bonchev–Trinajstić information content (AvgIpc) is 2.21. The first kappa shape index (κ1) is 12.6. The number of nitro groups is 1. The number of nitro benzene ring substituents is 1. The third-order valence-corrected chi connectivity index (χ3v) is 2.95. The van der Waals surface area contributed by atoms with Gasteiger partial charge in [0.15, 0.2) is 0 Å². The summed E-state index contributed by atoms with van der Waals surface area (Å²) in [5.41, 5.74) is 0.842. The second-order valence-electron chi connectivity index (χ2n) is 3.34. The number of nitriles is 1. The van der Waals surface area contributed by atoms with Gasteiger partial charge in [0.25, 0.3) is 5.69 Å². The molecule has 0 spiro atoms. The first-order valence-corrected chi connectivity index (χ1v) is 5.33. The zero-order chi connectivity index (χ0) is 12.1. The minimum atomic E-state index is -0.433. The van der Waals surface area contributed by atoms with Crippen molar-refractivity contribution in [2.45, 2.75) is 6.54 Å². The largest absolute Gasteiger partial charge is 0.289 e. The van der Waals surface area contributed by atoms with Crippen molar-refractivity contribution in [2.24, 2.45) is 0 Å². The second-order valence-corrected chi connectivity index (χ2v) is 4.13. The fourth-order valence-electron chi connectivity index (χ4n) is 1.30. The van der Waals surface area contributed by atoms with E-state index in [0.29, 0.717) is 11.0 Å². The Hall–Kier alpha value is -1.45. The Bertz CT molecular complexity index is 442. The topological polar surface area (TPSA) is 70.2 Å². The summed E-state index contributed by atoms with van der Waals surface area (Å²) in [4.78, 5) is 12.0. The van der Waals surface area contributed by atoms with E-state index in [1.807, 2.05) is 6.07 Å². The highest BCUT2D eigenvalue weighted by atomic mass is 79.9. The molecule has 0 bridgehead atoms. The van der Waals surface area contributed by atoms with Crippen LogP contribution in [0.5, 0.6) is 0 Å². The van der Waals surface area contributed by atoms with E-state index in [1.54, 1.807) is 24.1 Å². The second kappa shape index (κ2) is 5.58. The van der Waals surface area contributed by atoms with E-state index in [0.717, 1.165) is 5.56 Å². The lowest BCUT2D eigenvalue weighted by molar-refractivity contribution is -0.385. The maximum Gasteiger partial charge on any atom is 0.283 e. The van der Waals surface area contributed by atoms with Crippen LogP contribution < -0.4 is 0 Å². The fourth-order valence-corrected chi connectivity index (χ4v) is 1.83. The van der Waals surface area contributed by atoms with Crippen molar-refractivity contribution in [2.75, 3.05) is 13.6 Å². The van der Waals surface area contributed by atoms with Crippen LogP contribution in [0.3, 0.4) is 0 Å². The number of rotatable bonds is 4. The van der Waals surface area contributed by atoms with Crippen LogP contribution in [0.1, 0.15) is 5.56 Å². The molecule has 1 aromatic carbocycles. The zero-order valence-corrected chi connectivity index (χ0v) is 10.3. The summed E-state index contributed by atoms with van der Waals surface area (Å²) < 4.78 is 0.477. The van der Waals surface area contributed by atoms with E-state index >= 15 is 0 Å². The standard InChI is InChI=1S/C10H10BrN3O2/c1-13(6-5-12)7-8-3-2-4-9(10(8)11)14(15)16/h2-4H,6-7H2,1H3. The van der Waals surface area contributed by atoms with Gasteiger partial charge in [0.2, 0.25) is 0 Å². The molecule has 5 nitrogen and oxygen atoms in total. The number of benzene rings is 1. The van der Waals surface area contributed by atoms with Crippen molar-refractivity contribution in [3.05, 3.63) is 38.3 Å². The van der Waals surface area contributed by atoms with E-state index in [-0.39, 0.29) is 12.2 Å². The van der Waals surface area contributed by atoms with E-state index in [2.05, 4.69) is 15.9 Å². The van der Waals surface area contributed by atoms with Gasteiger partial charge in [0.1, 0.15) is 0 Å². The SMILES string of the molecule is CN(CC#N)Cc1cccc([N+](=O)[O-])c1Br. The van der Waals surface area contributed by atoms with Crippen LogP contribution in [0.2, 0.25) is 0 Å². The molecule has 84 valence electrons. The summed E-state index contributed by atoms with van der Waals surface area (Å²) in [6, 6.07) is 6.90. The fraction of sp³-hybridized carbons (Fsp3) is 0.300. The predicted octanol–water partition coefficient (Wildman–Crippen LogP) is 2.31. The molecule has 0 saturated carbocycles. The quantitative estimate of drug-likeness (QED) is 0.483. The molecule has 0 aliphatic heterocycles. The normalized spacial score (nSPS) is 10.1. The van der Waals surface area contributed by atoms with Gasteiger partial charge < -0.3 is 0 Å². The minimum Gasteiger partial charge on any atom is -0.289 e.